The number of hydrogen-bond acceptors (Lipinski definition) is 2. The monoisotopic (exact) mass is 298 g/mol. The molecule has 1 aromatic carbocycles. The lowest BCUT2D eigenvalue weighted by molar-refractivity contribution is 0.0976. The van der Waals surface area contributed by atoms with E-state index in [0.717, 1.165) is 17.3 Å². The van der Waals surface area contributed by atoms with Gasteiger partial charge in [0.1, 0.15) is 5.75 Å². The summed E-state index contributed by atoms with van der Waals surface area (Å²) in [5.41, 5.74) is 0.679. The van der Waals surface area contributed by atoms with E-state index in [-0.39, 0.29) is 5.78 Å². The number of carbonyl (C=O) groups excluding carboxylic acids is 1. The maximum absolute atomic E-state index is 12.0. The summed E-state index contributed by atoms with van der Waals surface area (Å²) in [4.78, 5) is 12.0. The van der Waals surface area contributed by atoms with Gasteiger partial charge < -0.3 is 4.74 Å². The third-order valence-electron chi connectivity index (χ3n) is 2.73. The number of para-hydroxylation sites is 1. The molecule has 2 nitrogen and oxygen atoms in total. The van der Waals surface area contributed by atoms with Crippen LogP contribution in [0.3, 0.4) is 0 Å². The molecular formula is C14H19BrO2. The van der Waals surface area contributed by atoms with Crippen LogP contribution in [0.1, 0.15) is 49.4 Å². The Morgan fingerprint density at radius 2 is 2.06 bits per heavy atom. The molecule has 0 bridgehead atoms. The van der Waals surface area contributed by atoms with Gasteiger partial charge in [-0.15, -0.1) is 0 Å². The minimum atomic E-state index is 0.166. The van der Waals surface area contributed by atoms with E-state index in [4.69, 9.17) is 4.74 Å². The molecule has 0 saturated carbocycles. The highest BCUT2D eigenvalue weighted by Crippen LogP contribution is 2.29. The van der Waals surface area contributed by atoms with Crippen LogP contribution in [0.15, 0.2) is 22.7 Å². The van der Waals surface area contributed by atoms with E-state index in [1.54, 1.807) is 7.11 Å². The molecule has 0 aromatic heterocycles. The first-order chi connectivity index (χ1) is 8.20. The normalized spacial score (nSPS) is 10.3. The fraction of sp³-hybridized carbons (Fsp3) is 0.500. The van der Waals surface area contributed by atoms with Crippen molar-refractivity contribution in [2.24, 2.45) is 0 Å². The summed E-state index contributed by atoms with van der Waals surface area (Å²) in [5.74, 6) is 0.812. The topological polar surface area (TPSA) is 26.3 Å². The summed E-state index contributed by atoms with van der Waals surface area (Å²) in [7, 11) is 1.59. The van der Waals surface area contributed by atoms with Gasteiger partial charge in [0.2, 0.25) is 0 Å². The molecule has 0 amide bonds. The smallest absolute Gasteiger partial charge is 0.166 e. The van der Waals surface area contributed by atoms with Crippen molar-refractivity contribution in [3.8, 4) is 5.75 Å². The summed E-state index contributed by atoms with van der Waals surface area (Å²) in [6.07, 6.45) is 5.07. The Morgan fingerprint density at radius 1 is 1.29 bits per heavy atom. The number of benzene rings is 1. The van der Waals surface area contributed by atoms with Crippen molar-refractivity contribution in [2.45, 2.75) is 39.0 Å². The maximum Gasteiger partial charge on any atom is 0.166 e. The van der Waals surface area contributed by atoms with Crippen LogP contribution in [0.5, 0.6) is 5.75 Å². The minimum Gasteiger partial charge on any atom is -0.495 e. The molecule has 0 N–H and O–H groups in total. The maximum atomic E-state index is 12.0. The third-order valence-corrected chi connectivity index (χ3v) is 3.35. The Bertz CT molecular complexity index is 374. The lowest BCUT2D eigenvalue weighted by Crippen LogP contribution is -2.02. The summed E-state index contributed by atoms with van der Waals surface area (Å²) in [6.45, 7) is 2.17. The number of halogens is 1. The molecule has 1 aromatic rings. The van der Waals surface area contributed by atoms with Gasteiger partial charge >= 0.3 is 0 Å². The third kappa shape index (κ3) is 4.15. The van der Waals surface area contributed by atoms with E-state index >= 15 is 0 Å². The second-order valence-electron chi connectivity index (χ2n) is 4.05. The number of rotatable bonds is 7. The molecule has 0 aliphatic heterocycles. The molecule has 0 fully saturated rings. The lowest BCUT2D eigenvalue weighted by atomic mass is 10.0. The first kappa shape index (κ1) is 14.2. The highest BCUT2D eigenvalue weighted by atomic mass is 79.9. The van der Waals surface area contributed by atoms with E-state index in [1.165, 1.54) is 12.8 Å². The molecule has 0 aliphatic rings. The van der Waals surface area contributed by atoms with Gasteiger partial charge in [-0.05, 0) is 34.5 Å². The van der Waals surface area contributed by atoms with Crippen molar-refractivity contribution >= 4 is 21.7 Å². The molecule has 0 unspecified atom stereocenters. The van der Waals surface area contributed by atoms with E-state index < -0.39 is 0 Å². The van der Waals surface area contributed by atoms with Crippen molar-refractivity contribution in [3.63, 3.8) is 0 Å². The second-order valence-corrected chi connectivity index (χ2v) is 4.91. The predicted molar refractivity (Wildman–Crippen MR) is 73.8 cm³/mol. The number of hydrogen-bond donors (Lipinski definition) is 0. The summed E-state index contributed by atoms with van der Waals surface area (Å²) in [5, 5.41) is 0. The van der Waals surface area contributed by atoms with Crippen molar-refractivity contribution < 1.29 is 9.53 Å². The van der Waals surface area contributed by atoms with Crippen LogP contribution in [-0.2, 0) is 0 Å². The first-order valence-corrected chi connectivity index (χ1v) is 6.85. The Morgan fingerprint density at radius 3 is 2.71 bits per heavy atom. The van der Waals surface area contributed by atoms with Crippen LogP contribution in [0.2, 0.25) is 0 Å². The van der Waals surface area contributed by atoms with Crippen molar-refractivity contribution in [1.29, 1.82) is 0 Å². The van der Waals surface area contributed by atoms with Crippen molar-refractivity contribution in [3.05, 3.63) is 28.2 Å². The molecule has 0 radical (unpaired) electrons. The van der Waals surface area contributed by atoms with Gasteiger partial charge in [-0.3, -0.25) is 4.79 Å². The first-order valence-electron chi connectivity index (χ1n) is 6.06. The SMILES string of the molecule is CCCCCCC(=O)c1cccc(Br)c1OC. The summed E-state index contributed by atoms with van der Waals surface area (Å²) in [6, 6.07) is 5.57. The molecule has 0 heterocycles. The number of ether oxygens (including phenoxy) is 1. The highest BCUT2D eigenvalue weighted by molar-refractivity contribution is 9.10. The Labute approximate surface area is 111 Å². The molecule has 3 heteroatoms. The van der Waals surface area contributed by atoms with E-state index in [2.05, 4.69) is 22.9 Å². The van der Waals surface area contributed by atoms with Crippen LogP contribution >= 0.6 is 15.9 Å². The number of unbranched alkanes of at least 4 members (excludes halogenated alkanes) is 3. The summed E-state index contributed by atoms with van der Waals surface area (Å²) >= 11 is 3.39. The minimum absolute atomic E-state index is 0.166. The molecule has 0 atom stereocenters. The van der Waals surface area contributed by atoms with Gasteiger partial charge in [-0.2, -0.15) is 0 Å². The standard InChI is InChI=1S/C14H19BrO2/c1-3-4-5-6-10-13(16)11-8-7-9-12(15)14(11)17-2/h7-9H,3-6,10H2,1-2H3. The Kier molecular flexibility index (Phi) is 6.27. The fourth-order valence-electron chi connectivity index (χ4n) is 1.78. The van der Waals surface area contributed by atoms with Crippen LogP contribution < -0.4 is 4.74 Å². The van der Waals surface area contributed by atoms with Gasteiger partial charge in [-0.1, -0.05) is 32.3 Å². The van der Waals surface area contributed by atoms with Crippen molar-refractivity contribution in [2.75, 3.05) is 7.11 Å². The Hall–Kier alpha value is -0.830. The zero-order valence-corrected chi connectivity index (χ0v) is 12.0. The number of carbonyl (C=O) groups is 1. The van der Waals surface area contributed by atoms with Crippen LogP contribution in [0.4, 0.5) is 0 Å². The fourth-order valence-corrected chi connectivity index (χ4v) is 2.31. The van der Waals surface area contributed by atoms with Crippen LogP contribution in [0, 0.1) is 0 Å². The molecule has 0 spiro atoms. The van der Waals surface area contributed by atoms with Crippen LogP contribution in [0.25, 0.3) is 0 Å². The average molecular weight is 299 g/mol. The van der Waals surface area contributed by atoms with Gasteiger partial charge in [0, 0.05) is 6.42 Å². The highest BCUT2D eigenvalue weighted by Gasteiger charge is 2.13. The quantitative estimate of drug-likeness (QED) is 0.543. The average Bonchev–Trinajstić information content (AvgIpc) is 2.34. The summed E-state index contributed by atoms with van der Waals surface area (Å²) < 4.78 is 6.09. The van der Waals surface area contributed by atoms with Crippen molar-refractivity contribution in [1.82, 2.24) is 0 Å². The number of methoxy groups -OCH3 is 1. The van der Waals surface area contributed by atoms with Gasteiger partial charge in [0.15, 0.2) is 5.78 Å². The predicted octanol–water partition coefficient (Wildman–Crippen LogP) is 4.61. The van der Waals surface area contributed by atoms with Gasteiger partial charge in [-0.25, -0.2) is 0 Å². The van der Waals surface area contributed by atoms with E-state index in [0.29, 0.717) is 17.7 Å². The van der Waals surface area contributed by atoms with Gasteiger partial charge in [0.25, 0.3) is 0 Å². The largest absolute Gasteiger partial charge is 0.495 e. The number of ketones is 1. The molecule has 17 heavy (non-hydrogen) atoms. The number of Topliss-reactive ketones (excluding diaryl/α,β-unsaturated/α-hetero) is 1. The Balaban J connectivity index is 2.65. The van der Waals surface area contributed by atoms with E-state index in [9.17, 15) is 4.79 Å². The molecule has 0 aliphatic carbocycles. The second kappa shape index (κ2) is 7.49. The molecule has 94 valence electrons. The van der Waals surface area contributed by atoms with E-state index in [1.807, 2.05) is 18.2 Å². The molecule has 0 saturated heterocycles. The zero-order valence-electron chi connectivity index (χ0n) is 10.5. The zero-order chi connectivity index (χ0) is 12.7. The molecule has 1 rings (SSSR count). The van der Waals surface area contributed by atoms with Gasteiger partial charge in [0.05, 0.1) is 17.1 Å². The molecular weight excluding hydrogens is 280 g/mol. The lowest BCUT2D eigenvalue weighted by Gasteiger charge is -2.09. The van der Waals surface area contributed by atoms with Crippen LogP contribution in [-0.4, -0.2) is 12.9 Å².